The van der Waals surface area contributed by atoms with E-state index in [1.165, 1.54) is 11.3 Å². The van der Waals surface area contributed by atoms with Crippen LogP contribution in [0.5, 0.6) is 0 Å². The van der Waals surface area contributed by atoms with E-state index in [1.807, 2.05) is 4.68 Å². The van der Waals surface area contributed by atoms with Gasteiger partial charge < -0.3 is 15.5 Å². The van der Waals surface area contributed by atoms with Gasteiger partial charge in [0.25, 0.3) is 5.91 Å². The molecule has 1 amide bonds. The van der Waals surface area contributed by atoms with Crippen molar-refractivity contribution in [2.24, 2.45) is 0 Å². The number of amides is 1. The minimum atomic E-state index is -0.132. The molecular weight excluding hydrogens is 328 g/mol. The maximum absolute atomic E-state index is 12.3. The second kappa shape index (κ2) is 7.86. The van der Waals surface area contributed by atoms with Gasteiger partial charge in [0.2, 0.25) is 0 Å². The van der Waals surface area contributed by atoms with Crippen molar-refractivity contribution >= 4 is 11.6 Å². The van der Waals surface area contributed by atoms with Crippen molar-refractivity contribution in [1.29, 1.82) is 0 Å². The van der Waals surface area contributed by atoms with Crippen LogP contribution in [0.4, 0.5) is 5.69 Å². The molecule has 2 aliphatic heterocycles. The van der Waals surface area contributed by atoms with Gasteiger partial charge in [-0.15, -0.1) is 5.10 Å². The fraction of sp³-hybridized carbons (Fsp3) is 0.526. The predicted molar refractivity (Wildman–Crippen MR) is 100 cm³/mol. The van der Waals surface area contributed by atoms with Crippen LogP contribution in [-0.4, -0.2) is 53.6 Å². The van der Waals surface area contributed by atoms with Crippen LogP contribution in [0.1, 0.15) is 41.4 Å². The molecule has 0 atom stereocenters. The smallest absolute Gasteiger partial charge is 0.273 e. The van der Waals surface area contributed by atoms with E-state index < -0.39 is 0 Å². The topological polar surface area (TPSA) is 75.1 Å². The normalized spacial score (nSPS) is 17.3. The van der Waals surface area contributed by atoms with Gasteiger partial charge in [0.05, 0.1) is 12.2 Å². The van der Waals surface area contributed by atoms with Gasteiger partial charge in [-0.05, 0) is 50.4 Å². The summed E-state index contributed by atoms with van der Waals surface area (Å²) >= 11 is 0. The van der Waals surface area contributed by atoms with E-state index in [1.54, 1.807) is 6.20 Å². The van der Waals surface area contributed by atoms with E-state index in [2.05, 4.69) is 50.1 Å². The lowest BCUT2D eigenvalue weighted by Crippen LogP contribution is -2.30. The molecular formula is C19H26N6O. The first-order chi connectivity index (χ1) is 12.8. The van der Waals surface area contributed by atoms with E-state index in [9.17, 15) is 4.79 Å². The van der Waals surface area contributed by atoms with Gasteiger partial charge in [0, 0.05) is 25.3 Å². The molecule has 0 unspecified atom stereocenters. The zero-order chi connectivity index (χ0) is 17.8. The number of aromatic nitrogens is 3. The molecule has 0 radical (unpaired) electrons. The lowest BCUT2D eigenvalue weighted by atomic mass is 10.1. The standard InChI is InChI=1S/C19H26N6O/c26-19(17-14-25(23-22-17)16-6-10-20-11-7-16)21-9-3-12-24-13-8-15-4-1-2-5-18(15)24/h1-2,4-5,14,16,20H,3,6-13H2,(H,21,26). The van der Waals surface area contributed by atoms with Crippen LogP contribution in [0.2, 0.25) is 0 Å². The van der Waals surface area contributed by atoms with Crippen molar-refractivity contribution in [1.82, 2.24) is 25.6 Å². The summed E-state index contributed by atoms with van der Waals surface area (Å²) in [6.45, 7) is 4.66. The van der Waals surface area contributed by atoms with E-state index in [0.717, 1.165) is 51.9 Å². The third-order valence-electron chi connectivity index (χ3n) is 5.30. The number of anilines is 1. The molecule has 0 saturated carbocycles. The molecule has 4 rings (SSSR count). The number of rotatable bonds is 6. The van der Waals surface area contributed by atoms with Crippen LogP contribution >= 0.6 is 0 Å². The van der Waals surface area contributed by atoms with Crippen molar-refractivity contribution in [2.45, 2.75) is 31.7 Å². The van der Waals surface area contributed by atoms with Crippen LogP contribution in [0, 0.1) is 0 Å². The maximum atomic E-state index is 12.3. The lowest BCUT2D eigenvalue weighted by Gasteiger charge is -2.22. The lowest BCUT2D eigenvalue weighted by molar-refractivity contribution is 0.0948. The molecule has 26 heavy (non-hydrogen) atoms. The summed E-state index contributed by atoms with van der Waals surface area (Å²) in [4.78, 5) is 14.7. The summed E-state index contributed by atoms with van der Waals surface area (Å²) in [7, 11) is 0. The highest BCUT2D eigenvalue weighted by Gasteiger charge is 2.19. The molecule has 0 bridgehead atoms. The van der Waals surface area contributed by atoms with Crippen LogP contribution < -0.4 is 15.5 Å². The number of hydrogen-bond acceptors (Lipinski definition) is 5. The van der Waals surface area contributed by atoms with Crippen LogP contribution in [0.3, 0.4) is 0 Å². The summed E-state index contributed by atoms with van der Waals surface area (Å²) in [5.74, 6) is -0.132. The molecule has 2 N–H and O–H groups in total. The van der Waals surface area contributed by atoms with Crippen molar-refractivity contribution in [3.05, 3.63) is 41.7 Å². The van der Waals surface area contributed by atoms with E-state index in [4.69, 9.17) is 0 Å². The summed E-state index contributed by atoms with van der Waals surface area (Å²) < 4.78 is 1.84. The number of carbonyl (C=O) groups excluding carboxylic acids is 1. The van der Waals surface area contributed by atoms with Gasteiger partial charge in [-0.25, -0.2) is 4.68 Å². The van der Waals surface area contributed by atoms with Gasteiger partial charge in [-0.3, -0.25) is 4.79 Å². The number of benzene rings is 1. The maximum Gasteiger partial charge on any atom is 0.273 e. The molecule has 1 aromatic carbocycles. The Hall–Kier alpha value is -2.41. The van der Waals surface area contributed by atoms with E-state index in [0.29, 0.717) is 18.3 Å². The summed E-state index contributed by atoms with van der Waals surface area (Å²) in [5, 5.41) is 14.5. The number of hydrogen-bond donors (Lipinski definition) is 2. The number of nitrogens with one attached hydrogen (secondary N) is 2. The fourth-order valence-electron chi connectivity index (χ4n) is 3.83. The fourth-order valence-corrected chi connectivity index (χ4v) is 3.83. The third-order valence-corrected chi connectivity index (χ3v) is 5.30. The molecule has 1 fully saturated rings. The van der Waals surface area contributed by atoms with Crippen molar-refractivity contribution in [3.8, 4) is 0 Å². The Balaban J connectivity index is 1.23. The summed E-state index contributed by atoms with van der Waals surface area (Å²) in [6.07, 6.45) is 5.87. The molecule has 3 heterocycles. The minimum Gasteiger partial charge on any atom is -0.371 e. The Kier molecular flexibility index (Phi) is 5.15. The molecule has 7 nitrogen and oxygen atoms in total. The molecule has 138 valence electrons. The summed E-state index contributed by atoms with van der Waals surface area (Å²) in [6, 6.07) is 8.91. The van der Waals surface area contributed by atoms with E-state index >= 15 is 0 Å². The van der Waals surface area contributed by atoms with Crippen LogP contribution in [-0.2, 0) is 6.42 Å². The predicted octanol–water partition coefficient (Wildman–Crippen LogP) is 1.39. The summed E-state index contributed by atoms with van der Waals surface area (Å²) in [5.41, 5.74) is 3.17. The number of nitrogens with zero attached hydrogens (tertiary/aromatic N) is 4. The zero-order valence-corrected chi connectivity index (χ0v) is 15.0. The second-order valence-corrected chi connectivity index (χ2v) is 7.04. The Bertz CT molecular complexity index is 752. The molecule has 2 aromatic rings. The first-order valence-corrected chi connectivity index (χ1v) is 9.55. The number of piperidine rings is 1. The highest BCUT2D eigenvalue weighted by Crippen LogP contribution is 2.27. The highest BCUT2D eigenvalue weighted by molar-refractivity contribution is 5.91. The van der Waals surface area contributed by atoms with Crippen molar-refractivity contribution in [3.63, 3.8) is 0 Å². The Morgan fingerprint density at radius 1 is 1.27 bits per heavy atom. The first kappa shape index (κ1) is 17.0. The molecule has 2 aliphatic rings. The number of carbonyl (C=O) groups is 1. The van der Waals surface area contributed by atoms with Gasteiger partial charge in [0.15, 0.2) is 5.69 Å². The average molecular weight is 354 g/mol. The van der Waals surface area contributed by atoms with Crippen molar-refractivity contribution < 1.29 is 4.79 Å². The number of para-hydroxylation sites is 1. The van der Waals surface area contributed by atoms with Gasteiger partial charge in [-0.2, -0.15) is 0 Å². The molecule has 1 saturated heterocycles. The first-order valence-electron chi connectivity index (χ1n) is 9.55. The molecule has 0 spiro atoms. The SMILES string of the molecule is O=C(NCCCN1CCc2ccccc21)c1cn(C2CCNCC2)nn1. The molecule has 1 aromatic heterocycles. The second-order valence-electron chi connectivity index (χ2n) is 7.04. The van der Waals surface area contributed by atoms with E-state index in [-0.39, 0.29) is 5.91 Å². The third kappa shape index (κ3) is 3.72. The Labute approximate surface area is 153 Å². The Morgan fingerprint density at radius 3 is 3.00 bits per heavy atom. The minimum absolute atomic E-state index is 0.132. The van der Waals surface area contributed by atoms with Gasteiger partial charge in [0.1, 0.15) is 0 Å². The molecule has 7 heteroatoms. The van der Waals surface area contributed by atoms with Gasteiger partial charge in [-0.1, -0.05) is 23.4 Å². The average Bonchev–Trinajstić information content (AvgIpc) is 3.33. The highest BCUT2D eigenvalue weighted by atomic mass is 16.2. The quantitative estimate of drug-likeness (QED) is 0.767. The monoisotopic (exact) mass is 354 g/mol. The van der Waals surface area contributed by atoms with Gasteiger partial charge >= 0.3 is 0 Å². The van der Waals surface area contributed by atoms with Crippen LogP contribution in [0.15, 0.2) is 30.5 Å². The van der Waals surface area contributed by atoms with Crippen LogP contribution in [0.25, 0.3) is 0 Å². The number of fused-ring (bicyclic) bond motifs is 1. The Morgan fingerprint density at radius 2 is 2.12 bits per heavy atom. The largest absolute Gasteiger partial charge is 0.371 e. The molecule has 0 aliphatic carbocycles. The van der Waals surface area contributed by atoms with Crippen molar-refractivity contribution in [2.75, 3.05) is 37.6 Å². The zero-order valence-electron chi connectivity index (χ0n) is 15.0.